The van der Waals surface area contributed by atoms with Crippen molar-refractivity contribution in [1.29, 1.82) is 0 Å². The predicted octanol–water partition coefficient (Wildman–Crippen LogP) is 11.2. The fourth-order valence-electron chi connectivity index (χ4n) is 6.74. The zero-order valence-corrected chi connectivity index (χ0v) is 32.9. The van der Waals surface area contributed by atoms with Gasteiger partial charge in [-0.1, -0.05) is 0 Å². The molecule has 0 fully saturated rings. The fourth-order valence-corrected chi connectivity index (χ4v) is 6.74. The number of hydrogen-bond acceptors (Lipinski definition) is 6. The Hall–Kier alpha value is -8.12. The zero-order valence-electron chi connectivity index (χ0n) is 32.9. The lowest BCUT2D eigenvalue weighted by molar-refractivity contribution is -0.699. The molecular weight excluding hydrogens is 745 g/mol. The first-order chi connectivity index (χ1) is 29.6. The van der Waals surface area contributed by atoms with Gasteiger partial charge < -0.3 is 19.8 Å². The molecule has 9 rings (SSSR count). The van der Waals surface area contributed by atoms with Gasteiger partial charge in [-0.25, -0.2) is 9.13 Å². The Morgan fingerprint density at radius 1 is 0.367 bits per heavy atom. The lowest BCUT2D eigenvalue weighted by Gasteiger charge is -2.18. The van der Waals surface area contributed by atoms with Crippen molar-refractivity contribution < 1.29 is 9.13 Å². The topological polar surface area (TPSA) is 101 Å². The van der Waals surface area contributed by atoms with Crippen molar-refractivity contribution in [2.75, 3.05) is 10.6 Å². The number of pyridine rings is 2. The van der Waals surface area contributed by atoms with Crippen molar-refractivity contribution in [2.45, 2.75) is 26.2 Å². The summed E-state index contributed by atoms with van der Waals surface area (Å²) in [6, 6.07) is 48.6. The van der Waals surface area contributed by atoms with Gasteiger partial charge in [0, 0.05) is 83.4 Å². The predicted molar refractivity (Wildman–Crippen MR) is 235 cm³/mol. The molecule has 0 spiro atoms. The highest BCUT2D eigenvalue weighted by Crippen LogP contribution is 2.25. The van der Waals surface area contributed by atoms with Gasteiger partial charge in [0.2, 0.25) is 0 Å². The highest BCUT2D eigenvalue weighted by atomic mass is 15.4. The average Bonchev–Trinajstić information content (AvgIpc) is 4.03. The monoisotopic (exact) mass is 788 g/mol. The second-order valence-electron chi connectivity index (χ2n) is 14.2. The summed E-state index contributed by atoms with van der Waals surface area (Å²) >= 11 is 0. The highest BCUT2D eigenvalue weighted by Gasteiger charge is 2.10. The largest absolute Gasteiger partial charge is 0.356 e. The number of aromatic nitrogens is 6. The number of anilines is 4. The van der Waals surface area contributed by atoms with Gasteiger partial charge in [-0.05, 0) is 133 Å². The first kappa shape index (κ1) is 37.5. The van der Waals surface area contributed by atoms with Crippen LogP contribution in [0.1, 0.15) is 0 Å². The molecule has 5 heterocycles. The Kier molecular flexibility index (Phi) is 11.2. The molecule has 294 valence electrons. The van der Waals surface area contributed by atoms with E-state index in [-0.39, 0.29) is 0 Å². The van der Waals surface area contributed by atoms with E-state index < -0.39 is 0 Å². The van der Waals surface area contributed by atoms with E-state index in [1.54, 1.807) is 0 Å². The maximum Gasteiger partial charge on any atom is 0.196 e. The maximum atomic E-state index is 4.51. The number of aryl methyl sites for hydroxylation is 4. The van der Waals surface area contributed by atoms with E-state index in [1.165, 1.54) is 0 Å². The van der Waals surface area contributed by atoms with Crippen LogP contribution < -0.4 is 19.8 Å². The zero-order chi connectivity index (χ0) is 40.4. The van der Waals surface area contributed by atoms with Gasteiger partial charge >= 0.3 is 0 Å². The van der Waals surface area contributed by atoms with Gasteiger partial charge in [0.1, 0.15) is 11.4 Å². The van der Waals surface area contributed by atoms with E-state index in [4.69, 9.17) is 0 Å². The number of benzene rings is 4. The van der Waals surface area contributed by atoms with Crippen LogP contribution >= 0.6 is 0 Å². The van der Waals surface area contributed by atoms with Crippen LogP contribution in [0.5, 0.6) is 0 Å². The molecule has 0 saturated carbocycles. The van der Waals surface area contributed by atoms with E-state index in [2.05, 4.69) is 132 Å². The second kappa shape index (κ2) is 18.0. The van der Waals surface area contributed by atoms with E-state index in [0.717, 1.165) is 83.1 Å². The summed E-state index contributed by atoms with van der Waals surface area (Å²) in [4.78, 5) is 0. The number of hydrogen-bond donors (Lipinski definition) is 2. The van der Waals surface area contributed by atoms with Gasteiger partial charge in [0.05, 0.1) is 24.5 Å². The Bertz CT molecular complexity index is 2580. The molecule has 0 aliphatic carbocycles. The van der Waals surface area contributed by atoms with Crippen molar-refractivity contribution in [3.05, 3.63) is 208 Å². The van der Waals surface area contributed by atoms with Gasteiger partial charge in [-0.3, -0.25) is 9.36 Å². The minimum absolute atomic E-state index is 0.789. The molecular formula is C48H44N12+2. The number of rotatable bonds is 16. The van der Waals surface area contributed by atoms with Crippen LogP contribution in [0.2, 0.25) is 0 Å². The Balaban J connectivity index is 0.724. The average molecular weight is 789 g/mol. The molecule has 0 unspecified atom stereocenters. The van der Waals surface area contributed by atoms with E-state index in [9.17, 15) is 0 Å². The molecule has 0 saturated heterocycles. The summed E-state index contributed by atoms with van der Waals surface area (Å²) in [5.41, 5.74) is 9.44. The summed E-state index contributed by atoms with van der Waals surface area (Å²) in [5.74, 6) is 0. The summed E-state index contributed by atoms with van der Waals surface area (Å²) < 4.78 is 12.9. The van der Waals surface area contributed by atoms with Crippen LogP contribution in [0.3, 0.4) is 0 Å². The summed E-state index contributed by atoms with van der Waals surface area (Å²) in [6.45, 7) is 3.27. The molecule has 9 aromatic rings. The SMILES string of the molecule is c1ccn(-c2ccc(Nc3ccc(N=Nc4ccc[n+](CCn5ccn5CC[n+]5cccc(N=Nc6ccc(Nc7ccc(-n8cccc8)cc7)cc6)c5)c4)cc3)cc2)c1. The Morgan fingerprint density at radius 3 is 1.08 bits per heavy atom. The van der Waals surface area contributed by atoms with Crippen LogP contribution in [0, 0.1) is 0 Å². The smallest absolute Gasteiger partial charge is 0.196 e. The molecule has 0 aliphatic heterocycles. The van der Waals surface area contributed by atoms with Crippen molar-refractivity contribution in [1.82, 2.24) is 18.5 Å². The number of azo groups is 2. The third-order valence-electron chi connectivity index (χ3n) is 10.0. The lowest BCUT2D eigenvalue weighted by Crippen LogP contribution is -2.39. The standard InChI is InChI=1S/C48H44N12/c1-2-28-57(27-1)47-21-17-41(18-22-47)49-39-9-13-43(14-10-39)51-53-45-7-5-25-55(37-45)31-33-59-35-36-60(59)34-32-56-26-6-8-46(38-56)54-52-44-15-11-40(12-16-44)50-42-19-23-48(24-20-42)58-29-3-4-30-58/h1-30,35-38,49-50H,31-34H2/q+2. The van der Waals surface area contributed by atoms with Crippen molar-refractivity contribution in [2.24, 2.45) is 20.5 Å². The van der Waals surface area contributed by atoms with Gasteiger partial charge in [0.25, 0.3) is 0 Å². The van der Waals surface area contributed by atoms with Crippen LogP contribution in [0.15, 0.2) is 228 Å². The summed E-state index contributed by atoms with van der Waals surface area (Å²) in [6.07, 6.45) is 20.5. The molecule has 0 radical (unpaired) electrons. The van der Waals surface area contributed by atoms with Gasteiger partial charge in [0.15, 0.2) is 37.9 Å². The number of nitrogens with one attached hydrogen (secondary N) is 2. The molecule has 0 aliphatic rings. The Labute approximate surface area is 348 Å². The molecule has 0 atom stereocenters. The van der Waals surface area contributed by atoms with E-state index in [1.807, 2.05) is 134 Å². The summed E-state index contributed by atoms with van der Waals surface area (Å²) in [5, 5.41) is 24.9. The van der Waals surface area contributed by atoms with E-state index >= 15 is 0 Å². The first-order valence-electron chi connectivity index (χ1n) is 19.9. The lowest BCUT2D eigenvalue weighted by atomic mass is 10.2. The molecule has 2 N–H and O–H groups in total. The van der Waals surface area contributed by atoms with Crippen molar-refractivity contribution in [3.8, 4) is 11.4 Å². The van der Waals surface area contributed by atoms with Crippen LogP contribution in [-0.4, -0.2) is 18.5 Å². The van der Waals surface area contributed by atoms with Crippen molar-refractivity contribution >= 4 is 45.5 Å². The van der Waals surface area contributed by atoms with E-state index in [0.29, 0.717) is 0 Å². The molecule has 12 heteroatoms. The molecule has 0 amide bonds. The fraction of sp³-hybridized carbons (Fsp3) is 0.0833. The second-order valence-corrected chi connectivity index (χ2v) is 14.2. The Morgan fingerprint density at radius 2 is 0.717 bits per heavy atom. The first-order valence-corrected chi connectivity index (χ1v) is 19.9. The third kappa shape index (κ3) is 9.69. The maximum absolute atomic E-state index is 4.51. The minimum Gasteiger partial charge on any atom is -0.356 e. The molecule has 60 heavy (non-hydrogen) atoms. The number of nitrogens with zero attached hydrogens (tertiary/aromatic N) is 10. The van der Waals surface area contributed by atoms with Crippen LogP contribution in [-0.2, 0) is 26.2 Å². The quantitative estimate of drug-likeness (QED) is 0.0752. The molecule has 4 aromatic carbocycles. The third-order valence-corrected chi connectivity index (χ3v) is 10.0. The normalized spacial score (nSPS) is 11.5. The van der Waals surface area contributed by atoms with Crippen molar-refractivity contribution in [3.63, 3.8) is 0 Å². The van der Waals surface area contributed by atoms with Gasteiger partial charge in [-0.2, -0.15) is 10.2 Å². The molecule has 0 bridgehead atoms. The molecule has 5 aromatic heterocycles. The summed E-state index contributed by atoms with van der Waals surface area (Å²) in [7, 11) is 0. The molecule has 12 nitrogen and oxygen atoms in total. The van der Waals surface area contributed by atoms with Gasteiger partial charge in [-0.15, -0.1) is 10.2 Å². The van der Waals surface area contributed by atoms with Crippen LogP contribution in [0.4, 0.5) is 45.5 Å². The minimum atomic E-state index is 0.789. The van der Waals surface area contributed by atoms with Crippen LogP contribution in [0.25, 0.3) is 11.4 Å². The highest BCUT2D eigenvalue weighted by molar-refractivity contribution is 5.64.